The summed E-state index contributed by atoms with van der Waals surface area (Å²) in [6.45, 7) is 0.698. The standard InChI is InChI=1S/C12H13F2N5O/c1-8-16-18-19(17-8)7-12(20)15-11(6-13)9-2-4-10(14)5-3-9/h2-5,11H,6-7H2,1H3,(H,15,20). The van der Waals surface area contributed by atoms with E-state index in [2.05, 4.69) is 20.7 Å². The molecule has 2 aromatic rings. The van der Waals surface area contributed by atoms with Crippen LogP contribution >= 0.6 is 0 Å². The summed E-state index contributed by atoms with van der Waals surface area (Å²) in [5.41, 5.74) is 0.491. The fourth-order valence-corrected chi connectivity index (χ4v) is 1.66. The van der Waals surface area contributed by atoms with E-state index >= 15 is 0 Å². The molecule has 0 spiro atoms. The smallest absolute Gasteiger partial charge is 0.244 e. The fraction of sp³-hybridized carbons (Fsp3) is 0.333. The lowest BCUT2D eigenvalue weighted by Crippen LogP contribution is -2.33. The molecule has 0 saturated carbocycles. The van der Waals surface area contributed by atoms with E-state index in [0.29, 0.717) is 11.4 Å². The zero-order valence-corrected chi connectivity index (χ0v) is 10.8. The van der Waals surface area contributed by atoms with Crippen LogP contribution in [0.3, 0.4) is 0 Å². The fourth-order valence-electron chi connectivity index (χ4n) is 1.66. The van der Waals surface area contributed by atoms with Gasteiger partial charge in [-0.15, -0.1) is 10.2 Å². The molecule has 0 fully saturated rings. The van der Waals surface area contributed by atoms with Gasteiger partial charge in [0.15, 0.2) is 5.82 Å². The van der Waals surface area contributed by atoms with Crippen molar-refractivity contribution in [3.63, 3.8) is 0 Å². The van der Waals surface area contributed by atoms with Crippen molar-refractivity contribution in [1.29, 1.82) is 0 Å². The lowest BCUT2D eigenvalue weighted by Gasteiger charge is -2.15. The van der Waals surface area contributed by atoms with Crippen molar-refractivity contribution >= 4 is 5.91 Å². The van der Waals surface area contributed by atoms with Gasteiger partial charge in [0.1, 0.15) is 19.0 Å². The second-order valence-electron chi connectivity index (χ2n) is 4.19. The number of halogens is 2. The third-order valence-corrected chi connectivity index (χ3v) is 2.60. The van der Waals surface area contributed by atoms with Crippen molar-refractivity contribution < 1.29 is 13.6 Å². The maximum atomic E-state index is 13.0. The summed E-state index contributed by atoms with van der Waals surface area (Å²) in [4.78, 5) is 12.9. The van der Waals surface area contributed by atoms with E-state index in [-0.39, 0.29) is 6.54 Å². The number of carbonyl (C=O) groups excluding carboxylic acids is 1. The van der Waals surface area contributed by atoms with E-state index < -0.39 is 24.4 Å². The Morgan fingerprint density at radius 3 is 2.65 bits per heavy atom. The van der Waals surface area contributed by atoms with Crippen LogP contribution in [0.2, 0.25) is 0 Å². The van der Waals surface area contributed by atoms with Crippen LogP contribution in [0.5, 0.6) is 0 Å². The summed E-state index contributed by atoms with van der Waals surface area (Å²) >= 11 is 0. The van der Waals surface area contributed by atoms with Crippen LogP contribution in [0.1, 0.15) is 17.4 Å². The van der Waals surface area contributed by atoms with Crippen molar-refractivity contribution in [2.45, 2.75) is 19.5 Å². The number of hydrogen-bond acceptors (Lipinski definition) is 4. The molecule has 0 aliphatic carbocycles. The maximum absolute atomic E-state index is 13.0. The molecular weight excluding hydrogens is 268 g/mol. The van der Waals surface area contributed by atoms with Crippen LogP contribution in [-0.4, -0.2) is 32.8 Å². The topological polar surface area (TPSA) is 72.7 Å². The first-order valence-corrected chi connectivity index (χ1v) is 5.93. The zero-order chi connectivity index (χ0) is 14.5. The minimum Gasteiger partial charge on any atom is -0.345 e. The maximum Gasteiger partial charge on any atom is 0.244 e. The van der Waals surface area contributed by atoms with Gasteiger partial charge in [-0.05, 0) is 29.8 Å². The van der Waals surface area contributed by atoms with E-state index in [1.807, 2.05) is 0 Å². The van der Waals surface area contributed by atoms with Crippen molar-refractivity contribution in [3.05, 3.63) is 41.5 Å². The molecule has 1 heterocycles. The number of benzene rings is 1. The molecule has 2 rings (SSSR count). The number of hydrogen-bond donors (Lipinski definition) is 1. The third-order valence-electron chi connectivity index (χ3n) is 2.60. The van der Waals surface area contributed by atoms with E-state index in [9.17, 15) is 13.6 Å². The Morgan fingerprint density at radius 1 is 1.40 bits per heavy atom. The zero-order valence-electron chi connectivity index (χ0n) is 10.8. The molecule has 1 aromatic carbocycles. The van der Waals surface area contributed by atoms with E-state index in [0.717, 1.165) is 4.80 Å². The normalized spacial score (nSPS) is 12.2. The molecule has 0 aliphatic rings. The van der Waals surface area contributed by atoms with Gasteiger partial charge >= 0.3 is 0 Å². The quantitative estimate of drug-likeness (QED) is 0.885. The third kappa shape index (κ3) is 3.56. The predicted molar refractivity (Wildman–Crippen MR) is 65.8 cm³/mol. The van der Waals surface area contributed by atoms with Gasteiger partial charge in [-0.1, -0.05) is 12.1 Å². The Labute approximate surface area is 113 Å². The first-order chi connectivity index (χ1) is 9.58. The van der Waals surface area contributed by atoms with Gasteiger partial charge in [0.2, 0.25) is 5.91 Å². The summed E-state index contributed by atoms with van der Waals surface area (Å²) in [5.74, 6) is -0.423. The molecule has 0 saturated heterocycles. The Balaban J connectivity index is 1.99. The predicted octanol–water partition coefficient (Wildman–Crippen LogP) is 0.948. The average Bonchev–Trinajstić information content (AvgIpc) is 2.82. The van der Waals surface area contributed by atoms with Crippen molar-refractivity contribution in [2.24, 2.45) is 0 Å². The summed E-state index contributed by atoms with van der Waals surface area (Å²) in [5, 5.41) is 13.6. The average molecular weight is 281 g/mol. The molecule has 1 amide bonds. The molecular formula is C12H13F2N5O. The van der Waals surface area contributed by atoms with Gasteiger partial charge < -0.3 is 5.32 Å². The number of amides is 1. The summed E-state index contributed by atoms with van der Waals surface area (Å²) in [6.07, 6.45) is 0. The number of aromatic nitrogens is 4. The molecule has 0 bridgehead atoms. The Hall–Kier alpha value is -2.38. The van der Waals surface area contributed by atoms with Crippen LogP contribution in [0.4, 0.5) is 8.78 Å². The summed E-state index contributed by atoms with van der Waals surface area (Å²) < 4.78 is 25.8. The van der Waals surface area contributed by atoms with Gasteiger partial charge in [-0.3, -0.25) is 4.79 Å². The van der Waals surface area contributed by atoms with Crippen LogP contribution in [0.25, 0.3) is 0 Å². The number of tetrazole rings is 1. The van der Waals surface area contributed by atoms with Gasteiger partial charge in [0.25, 0.3) is 0 Å². The van der Waals surface area contributed by atoms with Gasteiger partial charge in [0.05, 0.1) is 6.04 Å². The molecule has 106 valence electrons. The highest BCUT2D eigenvalue weighted by molar-refractivity contribution is 5.76. The SMILES string of the molecule is Cc1nnn(CC(=O)NC(CF)c2ccc(F)cc2)n1. The molecule has 6 nitrogen and oxygen atoms in total. The van der Waals surface area contributed by atoms with E-state index in [1.54, 1.807) is 6.92 Å². The molecule has 20 heavy (non-hydrogen) atoms. The van der Waals surface area contributed by atoms with E-state index in [1.165, 1.54) is 24.3 Å². The number of rotatable bonds is 5. The number of aryl methyl sites for hydroxylation is 1. The Bertz CT molecular complexity index is 584. The minimum atomic E-state index is -0.826. The summed E-state index contributed by atoms with van der Waals surface area (Å²) in [7, 11) is 0. The van der Waals surface area contributed by atoms with Crippen LogP contribution in [0, 0.1) is 12.7 Å². The molecule has 0 aliphatic heterocycles. The monoisotopic (exact) mass is 281 g/mol. The molecule has 1 atom stereocenters. The van der Waals surface area contributed by atoms with Crippen LogP contribution in [0.15, 0.2) is 24.3 Å². The first kappa shape index (κ1) is 14.0. The lowest BCUT2D eigenvalue weighted by molar-refractivity contribution is -0.123. The lowest BCUT2D eigenvalue weighted by atomic mass is 10.1. The minimum absolute atomic E-state index is 0.154. The highest BCUT2D eigenvalue weighted by Gasteiger charge is 2.15. The van der Waals surface area contributed by atoms with Gasteiger partial charge in [-0.2, -0.15) is 4.80 Å². The van der Waals surface area contributed by atoms with Gasteiger partial charge in [0, 0.05) is 0 Å². The number of nitrogens with one attached hydrogen (secondary N) is 1. The Morgan fingerprint density at radius 2 is 2.10 bits per heavy atom. The number of carbonyl (C=O) groups is 1. The van der Waals surface area contributed by atoms with Crippen molar-refractivity contribution in [3.8, 4) is 0 Å². The van der Waals surface area contributed by atoms with Crippen molar-refractivity contribution in [2.75, 3.05) is 6.67 Å². The first-order valence-electron chi connectivity index (χ1n) is 5.93. The molecule has 0 radical (unpaired) electrons. The van der Waals surface area contributed by atoms with Crippen molar-refractivity contribution in [1.82, 2.24) is 25.5 Å². The second-order valence-corrected chi connectivity index (χ2v) is 4.19. The number of nitrogens with zero attached hydrogens (tertiary/aromatic N) is 4. The van der Waals surface area contributed by atoms with Crippen LogP contribution < -0.4 is 5.32 Å². The highest BCUT2D eigenvalue weighted by Crippen LogP contribution is 2.14. The second kappa shape index (κ2) is 6.18. The molecule has 1 unspecified atom stereocenters. The summed E-state index contributed by atoms with van der Waals surface area (Å²) in [6, 6.07) is 4.46. The Kier molecular flexibility index (Phi) is 4.34. The van der Waals surface area contributed by atoms with E-state index in [4.69, 9.17) is 0 Å². The van der Waals surface area contributed by atoms with Crippen LogP contribution in [-0.2, 0) is 11.3 Å². The van der Waals surface area contributed by atoms with Gasteiger partial charge in [-0.25, -0.2) is 8.78 Å². The largest absolute Gasteiger partial charge is 0.345 e. The molecule has 1 aromatic heterocycles. The molecule has 8 heteroatoms. The molecule has 1 N–H and O–H groups in total. The highest BCUT2D eigenvalue weighted by atomic mass is 19.1. The number of alkyl halides is 1.